The van der Waals surface area contributed by atoms with Crippen LogP contribution in [-0.4, -0.2) is 23.9 Å². The molecule has 0 aliphatic rings. The lowest BCUT2D eigenvalue weighted by molar-refractivity contribution is -0.274. The molecule has 0 fully saturated rings. The van der Waals surface area contributed by atoms with E-state index in [0.717, 1.165) is 15.6 Å². The van der Waals surface area contributed by atoms with Crippen molar-refractivity contribution in [2.24, 2.45) is 4.99 Å². The highest BCUT2D eigenvalue weighted by Gasteiger charge is 2.31. The number of aliphatic imine (C=N–C) groups is 1. The van der Waals surface area contributed by atoms with Crippen LogP contribution in [0.25, 0.3) is 0 Å². The Morgan fingerprint density at radius 3 is 2.58 bits per heavy atom. The summed E-state index contributed by atoms with van der Waals surface area (Å²) in [6.45, 7) is 7.04. The third-order valence-electron chi connectivity index (χ3n) is 3.43. The maximum Gasteiger partial charge on any atom is 0.573 e. The van der Waals surface area contributed by atoms with Crippen LogP contribution in [-0.2, 0) is 13.1 Å². The Kier molecular flexibility index (Phi) is 6.84. The first-order valence-corrected chi connectivity index (χ1v) is 8.89. The van der Waals surface area contributed by atoms with Crippen LogP contribution in [0.3, 0.4) is 0 Å². The van der Waals surface area contributed by atoms with Gasteiger partial charge in [-0.3, -0.25) is 0 Å². The number of hydrogen-bond donors (Lipinski definition) is 2. The van der Waals surface area contributed by atoms with Crippen molar-refractivity contribution in [1.29, 1.82) is 0 Å². The third-order valence-corrected chi connectivity index (χ3v) is 4.50. The van der Waals surface area contributed by atoms with Gasteiger partial charge in [0.05, 0.1) is 18.8 Å². The average molecular weight is 386 g/mol. The molecule has 9 heteroatoms. The van der Waals surface area contributed by atoms with Crippen molar-refractivity contribution < 1.29 is 17.9 Å². The molecule has 0 aliphatic carbocycles. The van der Waals surface area contributed by atoms with Gasteiger partial charge >= 0.3 is 6.36 Å². The number of rotatable bonds is 6. The van der Waals surface area contributed by atoms with Crippen molar-refractivity contribution in [2.45, 2.75) is 40.2 Å². The SMILES string of the molecule is CCNC(=NCc1ccccc1OC(F)(F)F)NCc1nc(C)c(C)s1. The van der Waals surface area contributed by atoms with Crippen molar-refractivity contribution in [1.82, 2.24) is 15.6 Å². The first-order chi connectivity index (χ1) is 12.3. The fourth-order valence-corrected chi connectivity index (χ4v) is 3.01. The summed E-state index contributed by atoms with van der Waals surface area (Å²) in [5.74, 6) is 0.255. The van der Waals surface area contributed by atoms with Gasteiger partial charge in [-0.2, -0.15) is 0 Å². The second-order valence-electron chi connectivity index (χ2n) is 5.45. The number of para-hydroxylation sites is 1. The zero-order valence-corrected chi connectivity index (χ0v) is 15.6. The summed E-state index contributed by atoms with van der Waals surface area (Å²) in [5.41, 5.74) is 1.34. The minimum Gasteiger partial charge on any atom is -0.405 e. The van der Waals surface area contributed by atoms with E-state index in [2.05, 4.69) is 25.3 Å². The fourth-order valence-electron chi connectivity index (χ4n) is 2.14. The number of thiazole rings is 1. The van der Waals surface area contributed by atoms with Gasteiger partial charge in [-0.25, -0.2) is 9.98 Å². The molecular formula is C17H21F3N4OS. The van der Waals surface area contributed by atoms with Gasteiger partial charge in [0.25, 0.3) is 0 Å². The van der Waals surface area contributed by atoms with E-state index in [1.54, 1.807) is 23.5 Å². The number of guanidine groups is 1. The number of nitrogens with one attached hydrogen (secondary N) is 2. The van der Waals surface area contributed by atoms with E-state index < -0.39 is 6.36 Å². The molecular weight excluding hydrogens is 365 g/mol. The van der Waals surface area contributed by atoms with E-state index >= 15 is 0 Å². The molecule has 0 saturated heterocycles. The topological polar surface area (TPSA) is 58.5 Å². The predicted molar refractivity (Wildman–Crippen MR) is 96.4 cm³/mol. The second-order valence-corrected chi connectivity index (χ2v) is 6.74. The summed E-state index contributed by atoms with van der Waals surface area (Å²) in [6.07, 6.45) is -4.73. The van der Waals surface area contributed by atoms with Crippen LogP contribution < -0.4 is 15.4 Å². The molecule has 0 radical (unpaired) electrons. The van der Waals surface area contributed by atoms with Crippen molar-refractivity contribution in [3.05, 3.63) is 45.4 Å². The lowest BCUT2D eigenvalue weighted by Crippen LogP contribution is -2.36. The molecule has 5 nitrogen and oxygen atoms in total. The largest absolute Gasteiger partial charge is 0.573 e. The quantitative estimate of drug-likeness (QED) is 0.584. The summed E-state index contributed by atoms with van der Waals surface area (Å²) in [4.78, 5) is 9.94. The van der Waals surface area contributed by atoms with Crippen LogP contribution in [0.2, 0.25) is 0 Å². The Morgan fingerprint density at radius 1 is 1.23 bits per heavy atom. The van der Waals surface area contributed by atoms with E-state index in [1.807, 2.05) is 20.8 Å². The monoisotopic (exact) mass is 386 g/mol. The number of hydrogen-bond acceptors (Lipinski definition) is 4. The molecule has 0 unspecified atom stereocenters. The summed E-state index contributed by atoms with van der Waals surface area (Å²) in [6, 6.07) is 5.97. The van der Waals surface area contributed by atoms with Crippen LogP contribution in [0.1, 0.15) is 28.1 Å². The van der Waals surface area contributed by atoms with Gasteiger partial charge in [-0.1, -0.05) is 18.2 Å². The Morgan fingerprint density at radius 2 is 1.96 bits per heavy atom. The Hall–Kier alpha value is -2.29. The zero-order valence-electron chi connectivity index (χ0n) is 14.8. The zero-order chi connectivity index (χ0) is 19.2. The molecule has 2 aromatic rings. The molecule has 1 aromatic carbocycles. The molecule has 1 aromatic heterocycles. The molecule has 0 atom stereocenters. The number of ether oxygens (including phenoxy) is 1. The van der Waals surface area contributed by atoms with E-state index in [9.17, 15) is 13.2 Å². The van der Waals surface area contributed by atoms with Gasteiger partial charge < -0.3 is 15.4 Å². The third kappa shape index (κ3) is 6.21. The molecule has 0 aliphatic heterocycles. The smallest absolute Gasteiger partial charge is 0.405 e. The predicted octanol–water partition coefficient (Wildman–Crippen LogP) is 3.91. The Labute approximate surface area is 154 Å². The standard InChI is InChI=1S/C17H21F3N4OS/c1-4-21-16(23-10-15-24-11(2)12(3)26-15)22-9-13-7-5-6-8-14(13)25-17(18,19)20/h5-8H,4,9-10H2,1-3H3,(H2,21,22,23). The van der Waals surface area contributed by atoms with Crippen LogP contribution in [0.15, 0.2) is 29.3 Å². The molecule has 0 spiro atoms. The number of halogens is 3. The molecule has 142 valence electrons. The molecule has 26 heavy (non-hydrogen) atoms. The maximum atomic E-state index is 12.5. The first kappa shape index (κ1) is 20.0. The highest BCUT2D eigenvalue weighted by Crippen LogP contribution is 2.26. The number of aromatic nitrogens is 1. The molecule has 2 rings (SSSR count). The van der Waals surface area contributed by atoms with Gasteiger partial charge in [-0.15, -0.1) is 24.5 Å². The molecule has 1 heterocycles. The van der Waals surface area contributed by atoms with E-state index in [-0.39, 0.29) is 12.3 Å². The summed E-state index contributed by atoms with van der Waals surface area (Å²) in [5, 5.41) is 7.13. The molecule has 0 bridgehead atoms. The van der Waals surface area contributed by atoms with Crippen molar-refractivity contribution in [2.75, 3.05) is 6.54 Å². The summed E-state index contributed by atoms with van der Waals surface area (Å²) < 4.78 is 41.5. The minimum atomic E-state index is -4.73. The number of benzene rings is 1. The number of alkyl halides is 3. The van der Waals surface area contributed by atoms with Crippen LogP contribution in [0.4, 0.5) is 13.2 Å². The van der Waals surface area contributed by atoms with E-state index in [4.69, 9.17) is 0 Å². The highest BCUT2D eigenvalue weighted by molar-refractivity contribution is 7.11. The van der Waals surface area contributed by atoms with Crippen LogP contribution in [0.5, 0.6) is 5.75 Å². The normalized spacial score (nSPS) is 12.2. The van der Waals surface area contributed by atoms with Gasteiger partial charge in [-0.05, 0) is 26.8 Å². The molecule has 2 N–H and O–H groups in total. The van der Waals surface area contributed by atoms with Gasteiger partial charge in [0.2, 0.25) is 0 Å². The highest BCUT2D eigenvalue weighted by atomic mass is 32.1. The van der Waals surface area contributed by atoms with Gasteiger partial charge in [0, 0.05) is 17.0 Å². The number of aryl methyl sites for hydroxylation is 2. The fraction of sp³-hybridized carbons (Fsp3) is 0.412. The van der Waals surface area contributed by atoms with Gasteiger partial charge in [0.1, 0.15) is 10.8 Å². The second kappa shape index (κ2) is 8.88. The van der Waals surface area contributed by atoms with Gasteiger partial charge in [0.15, 0.2) is 5.96 Å². The lowest BCUT2D eigenvalue weighted by atomic mass is 10.2. The van der Waals surface area contributed by atoms with Crippen molar-refractivity contribution in [3.8, 4) is 5.75 Å². The maximum absolute atomic E-state index is 12.5. The molecule has 0 saturated carbocycles. The summed E-state index contributed by atoms with van der Waals surface area (Å²) >= 11 is 1.60. The first-order valence-electron chi connectivity index (χ1n) is 8.07. The molecule has 0 amide bonds. The van der Waals surface area contributed by atoms with Crippen molar-refractivity contribution in [3.63, 3.8) is 0 Å². The van der Waals surface area contributed by atoms with E-state index in [1.165, 1.54) is 12.1 Å². The summed E-state index contributed by atoms with van der Waals surface area (Å²) in [7, 11) is 0. The van der Waals surface area contributed by atoms with Crippen molar-refractivity contribution >= 4 is 17.3 Å². The Bertz CT molecular complexity index is 739. The lowest BCUT2D eigenvalue weighted by Gasteiger charge is -2.13. The minimum absolute atomic E-state index is 0.0531. The Balaban J connectivity index is 2.06. The van der Waals surface area contributed by atoms with E-state index in [0.29, 0.717) is 24.6 Å². The van der Waals surface area contributed by atoms with Crippen LogP contribution >= 0.6 is 11.3 Å². The average Bonchev–Trinajstić information content (AvgIpc) is 2.88. The number of nitrogens with zero attached hydrogens (tertiary/aromatic N) is 2. The van der Waals surface area contributed by atoms with Crippen LogP contribution in [0, 0.1) is 13.8 Å².